The van der Waals surface area contributed by atoms with Crippen LogP contribution in [-0.4, -0.2) is 32.4 Å². The molecule has 0 amide bonds. The number of aliphatic carboxylic acids is 2. The molecule has 1 aromatic carbocycles. The van der Waals surface area contributed by atoms with Crippen molar-refractivity contribution < 1.29 is 30.0 Å². The number of rotatable bonds is 6. The Bertz CT molecular complexity index is 454. The van der Waals surface area contributed by atoms with E-state index in [0.717, 1.165) is 0 Å². The van der Waals surface area contributed by atoms with Crippen LogP contribution in [0.1, 0.15) is 29.2 Å². The molecular weight excluding hydrogens is 240 g/mol. The van der Waals surface area contributed by atoms with Crippen LogP contribution >= 0.6 is 0 Å². The van der Waals surface area contributed by atoms with Crippen LogP contribution in [0.25, 0.3) is 0 Å². The summed E-state index contributed by atoms with van der Waals surface area (Å²) in [6, 6.07) is 4.39. The van der Waals surface area contributed by atoms with Crippen LogP contribution < -0.4 is 0 Å². The van der Waals surface area contributed by atoms with E-state index in [4.69, 9.17) is 15.3 Å². The number of aryl methyl sites for hydroxylation is 1. The first-order valence-electron chi connectivity index (χ1n) is 5.30. The van der Waals surface area contributed by atoms with Crippen LogP contribution in [-0.2, 0) is 22.6 Å². The molecule has 6 heteroatoms. The van der Waals surface area contributed by atoms with Gasteiger partial charge < -0.3 is 20.4 Å². The van der Waals surface area contributed by atoms with Crippen molar-refractivity contribution >= 4 is 11.9 Å². The van der Waals surface area contributed by atoms with E-state index < -0.39 is 18.0 Å². The Kier molecular flexibility index (Phi) is 4.82. The summed E-state index contributed by atoms with van der Waals surface area (Å²) >= 11 is 0. The van der Waals surface area contributed by atoms with Gasteiger partial charge in [-0.15, -0.1) is 0 Å². The van der Waals surface area contributed by atoms with Crippen LogP contribution in [0.5, 0.6) is 0 Å². The maximum Gasteiger partial charge on any atom is 0.337 e. The molecule has 98 valence electrons. The number of aliphatic hydroxyl groups excluding tert-OH is 2. The topological polar surface area (TPSA) is 115 Å². The molecule has 0 spiro atoms. The van der Waals surface area contributed by atoms with Gasteiger partial charge in [0.2, 0.25) is 0 Å². The molecule has 0 aliphatic rings. The van der Waals surface area contributed by atoms with Gasteiger partial charge in [0.15, 0.2) is 6.10 Å². The van der Waals surface area contributed by atoms with Crippen molar-refractivity contribution in [3.63, 3.8) is 0 Å². The first-order chi connectivity index (χ1) is 8.43. The average molecular weight is 254 g/mol. The smallest absolute Gasteiger partial charge is 0.337 e. The van der Waals surface area contributed by atoms with Crippen molar-refractivity contribution in [2.45, 2.75) is 25.6 Å². The Morgan fingerprint density at radius 3 is 2.22 bits per heavy atom. The van der Waals surface area contributed by atoms with Gasteiger partial charge in [-0.05, 0) is 23.1 Å². The zero-order chi connectivity index (χ0) is 13.7. The van der Waals surface area contributed by atoms with E-state index in [0.29, 0.717) is 11.1 Å². The highest BCUT2D eigenvalue weighted by Crippen LogP contribution is 2.19. The van der Waals surface area contributed by atoms with E-state index in [-0.39, 0.29) is 25.0 Å². The summed E-state index contributed by atoms with van der Waals surface area (Å²) in [5, 5.41) is 35.7. The average Bonchev–Trinajstić information content (AvgIpc) is 2.34. The maximum atomic E-state index is 10.7. The quantitative estimate of drug-likeness (QED) is 0.581. The number of hydrogen-bond donors (Lipinski definition) is 4. The molecule has 18 heavy (non-hydrogen) atoms. The zero-order valence-electron chi connectivity index (χ0n) is 9.54. The molecule has 0 bridgehead atoms. The van der Waals surface area contributed by atoms with Gasteiger partial charge in [0.05, 0.1) is 6.61 Å². The third-order valence-electron chi connectivity index (χ3n) is 2.43. The third kappa shape index (κ3) is 3.83. The van der Waals surface area contributed by atoms with Crippen molar-refractivity contribution in [3.05, 3.63) is 34.9 Å². The number of aliphatic hydroxyl groups is 2. The van der Waals surface area contributed by atoms with Gasteiger partial charge in [0.1, 0.15) is 0 Å². The summed E-state index contributed by atoms with van der Waals surface area (Å²) in [5.41, 5.74) is 1.14. The SMILES string of the molecule is O=C(O)CCc1cc(CO)cc(C(O)C(=O)O)c1. The lowest BCUT2D eigenvalue weighted by atomic mass is 9.99. The van der Waals surface area contributed by atoms with Gasteiger partial charge in [0.25, 0.3) is 0 Å². The van der Waals surface area contributed by atoms with Gasteiger partial charge >= 0.3 is 11.9 Å². The fourth-order valence-electron chi connectivity index (χ4n) is 1.58. The van der Waals surface area contributed by atoms with E-state index in [1.165, 1.54) is 12.1 Å². The highest BCUT2D eigenvalue weighted by Gasteiger charge is 2.17. The van der Waals surface area contributed by atoms with Crippen LogP contribution in [0.3, 0.4) is 0 Å². The molecule has 1 rings (SSSR count). The normalized spacial score (nSPS) is 12.1. The van der Waals surface area contributed by atoms with Crippen molar-refractivity contribution in [3.8, 4) is 0 Å². The van der Waals surface area contributed by atoms with Crippen molar-refractivity contribution in [1.82, 2.24) is 0 Å². The van der Waals surface area contributed by atoms with Gasteiger partial charge in [-0.2, -0.15) is 0 Å². The molecule has 0 heterocycles. The number of carbonyl (C=O) groups is 2. The molecular formula is C12H14O6. The Balaban J connectivity index is 3.01. The lowest BCUT2D eigenvalue weighted by Gasteiger charge is -2.10. The highest BCUT2D eigenvalue weighted by atomic mass is 16.4. The van der Waals surface area contributed by atoms with Gasteiger partial charge in [-0.1, -0.05) is 18.2 Å². The molecule has 0 saturated carbocycles. The van der Waals surface area contributed by atoms with E-state index in [9.17, 15) is 14.7 Å². The van der Waals surface area contributed by atoms with E-state index in [1.807, 2.05) is 0 Å². The van der Waals surface area contributed by atoms with E-state index in [1.54, 1.807) is 6.07 Å². The molecule has 0 aliphatic heterocycles. The number of carboxylic acid groups (broad SMARTS) is 2. The van der Waals surface area contributed by atoms with Crippen LogP contribution in [0.2, 0.25) is 0 Å². The lowest BCUT2D eigenvalue weighted by molar-refractivity contribution is -0.147. The summed E-state index contributed by atoms with van der Waals surface area (Å²) in [5.74, 6) is -2.36. The van der Waals surface area contributed by atoms with Crippen LogP contribution in [0.15, 0.2) is 18.2 Å². The van der Waals surface area contributed by atoms with Crippen LogP contribution in [0.4, 0.5) is 0 Å². The molecule has 1 aromatic rings. The second kappa shape index (κ2) is 6.13. The van der Waals surface area contributed by atoms with Crippen LogP contribution in [0, 0.1) is 0 Å². The number of benzene rings is 1. The maximum absolute atomic E-state index is 10.7. The minimum absolute atomic E-state index is 0.0997. The molecule has 0 fully saturated rings. The van der Waals surface area contributed by atoms with Gasteiger partial charge in [0, 0.05) is 6.42 Å². The molecule has 0 radical (unpaired) electrons. The van der Waals surface area contributed by atoms with Crippen molar-refractivity contribution in [2.24, 2.45) is 0 Å². The largest absolute Gasteiger partial charge is 0.481 e. The number of carboxylic acids is 2. The molecule has 0 saturated heterocycles. The lowest BCUT2D eigenvalue weighted by Crippen LogP contribution is -2.11. The Morgan fingerprint density at radius 2 is 1.72 bits per heavy atom. The minimum Gasteiger partial charge on any atom is -0.481 e. The predicted molar refractivity (Wildman–Crippen MR) is 60.9 cm³/mol. The number of hydrogen-bond acceptors (Lipinski definition) is 4. The second-order valence-corrected chi connectivity index (χ2v) is 3.88. The van der Waals surface area contributed by atoms with Gasteiger partial charge in [-0.3, -0.25) is 4.79 Å². The molecule has 0 aromatic heterocycles. The summed E-state index contributed by atoms with van der Waals surface area (Å²) in [7, 11) is 0. The monoisotopic (exact) mass is 254 g/mol. The molecule has 4 N–H and O–H groups in total. The molecule has 6 nitrogen and oxygen atoms in total. The first kappa shape index (κ1) is 14.1. The Hall–Kier alpha value is -1.92. The predicted octanol–water partition coefficient (Wildman–Crippen LogP) is 0.314. The third-order valence-corrected chi connectivity index (χ3v) is 2.43. The summed E-state index contributed by atoms with van der Waals surface area (Å²) < 4.78 is 0. The zero-order valence-corrected chi connectivity index (χ0v) is 9.54. The summed E-state index contributed by atoms with van der Waals surface area (Å²) in [6.07, 6.45) is -1.57. The van der Waals surface area contributed by atoms with Crippen molar-refractivity contribution in [2.75, 3.05) is 0 Å². The fraction of sp³-hybridized carbons (Fsp3) is 0.333. The Morgan fingerprint density at radius 1 is 1.11 bits per heavy atom. The molecule has 1 unspecified atom stereocenters. The van der Waals surface area contributed by atoms with E-state index in [2.05, 4.69) is 0 Å². The van der Waals surface area contributed by atoms with E-state index >= 15 is 0 Å². The second-order valence-electron chi connectivity index (χ2n) is 3.88. The molecule has 0 aliphatic carbocycles. The summed E-state index contributed by atoms with van der Waals surface area (Å²) in [6.45, 7) is -0.305. The minimum atomic E-state index is -1.68. The highest BCUT2D eigenvalue weighted by molar-refractivity contribution is 5.74. The first-order valence-corrected chi connectivity index (χ1v) is 5.30. The molecule has 1 atom stereocenters. The fourth-order valence-corrected chi connectivity index (χ4v) is 1.58. The van der Waals surface area contributed by atoms with Gasteiger partial charge in [-0.25, -0.2) is 4.79 Å². The Labute approximate surface area is 103 Å². The standard InChI is InChI=1S/C12H14O6/c13-6-8-3-7(1-2-10(14)15)4-9(5-8)11(16)12(17)18/h3-5,11,13,16H,1-2,6H2,(H,14,15)(H,17,18). The van der Waals surface area contributed by atoms with Crippen molar-refractivity contribution in [1.29, 1.82) is 0 Å². The summed E-state index contributed by atoms with van der Waals surface area (Å²) in [4.78, 5) is 21.1.